The van der Waals surface area contributed by atoms with Gasteiger partial charge in [0.05, 0.1) is 4.47 Å². The molecule has 88 valence electrons. The second-order valence-electron chi connectivity index (χ2n) is 3.41. The van der Waals surface area contributed by atoms with E-state index in [4.69, 9.17) is 10.5 Å². The highest BCUT2D eigenvalue weighted by atomic mass is 79.9. The van der Waals surface area contributed by atoms with Crippen LogP contribution in [0, 0.1) is 5.82 Å². The number of pyridine rings is 1. The summed E-state index contributed by atoms with van der Waals surface area (Å²) in [7, 11) is 0. The number of anilines is 1. The molecule has 0 saturated heterocycles. The van der Waals surface area contributed by atoms with E-state index in [9.17, 15) is 4.39 Å². The predicted octanol–water partition coefficient (Wildman–Crippen LogP) is 3.14. The van der Waals surface area contributed by atoms with E-state index >= 15 is 0 Å². The van der Waals surface area contributed by atoms with E-state index in [1.54, 1.807) is 24.4 Å². The van der Waals surface area contributed by atoms with Gasteiger partial charge in [0.2, 0.25) is 0 Å². The number of hydrogen-bond donors (Lipinski definition) is 1. The van der Waals surface area contributed by atoms with Crippen LogP contribution in [0.4, 0.5) is 10.2 Å². The monoisotopic (exact) mass is 296 g/mol. The van der Waals surface area contributed by atoms with E-state index < -0.39 is 0 Å². The van der Waals surface area contributed by atoms with Crippen molar-refractivity contribution in [3.05, 3.63) is 52.4 Å². The summed E-state index contributed by atoms with van der Waals surface area (Å²) in [5, 5.41) is 0. The molecule has 2 aromatic rings. The van der Waals surface area contributed by atoms with Gasteiger partial charge in [0.1, 0.15) is 24.0 Å². The normalized spacial score (nSPS) is 10.2. The van der Waals surface area contributed by atoms with Gasteiger partial charge in [0.25, 0.3) is 0 Å². The number of ether oxygens (including phenoxy) is 1. The van der Waals surface area contributed by atoms with Gasteiger partial charge in [-0.1, -0.05) is 6.07 Å². The molecule has 0 fully saturated rings. The molecule has 0 saturated carbocycles. The molecule has 2 N–H and O–H groups in total. The number of halogens is 2. The molecule has 0 amide bonds. The Morgan fingerprint density at radius 1 is 1.35 bits per heavy atom. The van der Waals surface area contributed by atoms with Gasteiger partial charge in [-0.05, 0) is 40.2 Å². The maximum Gasteiger partial charge on any atom is 0.137 e. The molecule has 0 aliphatic heterocycles. The highest BCUT2D eigenvalue weighted by Crippen LogP contribution is 2.22. The molecule has 0 aliphatic rings. The van der Waals surface area contributed by atoms with Crippen LogP contribution >= 0.6 is 15.9 Å². The van der Waals surface area contributed by atoms with Gasteiger partial charge >= 0.3 is 0 Å². The van der Waals surface area contributed by atoms with E-state index in [0.29, 0.717) is 22.6 Å². The molecule has 2 rings (SSSR count). The Morgan fingerprint density at radius 2 is 2.18 bits per heavy atom. The lowest BCUT2D eigenvalue weighted by molar-refractivity contribution is 0.306. The lowest BCUT2D eigenvalue weighted by Crippen LogP contribution is -2.01. The van der Waals surface area contributed by atoms with Gasteiger partial charge in [-0.25, -0.2) is 9.37 Å². The summed E-state index contributed by atoms with van der Waals surface area (Å²) < 4.78 is 18.9. The SMILES string of the molecule is Nc1ncccc1COc1ccc(F)c(Br)c1. The third-order valence-corrected chi connectivity index (χ3v) is 2.82. The molecular formula is C12H10BrFN2O. The molecule has 0 spiro atoms. The van der Waals surface area contributed by atoms with E-state index in [-0.39, 0.29) is 5.82 Å². The van der Waals surface area contributed by atoms with E-state index in [0.717, 1.165) is 5.56 Å². The number of nitrogen functional groups attached to an aromatic ring is 1. The number of hydrogen-bond acceptors (Lipinski definition) is 3. The summed E-state index contributed by atoms with van der Waals surface area (Å²) in [5.74, 6) is 0.688. The molecule has 1 aromatic carbocycles. The minimum absolute atomic E-state index is 0.303. The molecule has 0 aliphatic carbocycles. The van der Waals surface area contributed by atoms with E-state index in [1.807, 2.05) is 6.07 Å². The Morgan fingerprint density at radius 3 is 2.88 bits per heavy atom. The van der Waals surface area contributed by atoms with Crippen molar-refractivity contribution in [3.63, 3.8) is 0 Å². The van der Waals surface area contributed by atoms with Crippen molar-refractivity contribution in [2.24, 2.45) is 0 Å². The van der Waals surface area contributed by atoms with Crippen molar-refractivity contribution < 1.29 is 9.13 Å². The number of nitrogens with zero attached hydrogens (tertiary/aromatic N) is 1. The van der Waals surface area contributed by atoms with Crippen LogP contribution in [0.1, 0.15) is 5.56 Å². The average molecular weight is 297 g/mol. The van der Waals surface area contributed by atoms with Crippen molar-refractivity contribution in [2.75, 3.05) is 5.73 Å². The first kappa shape index (κ1) is 11.9. The topological polar surface area (TPSA) is 48.1 Å². The zero-order valence-electron chi connectivity index (χ0n) is 8.86. The minimum atomic E-state index is -0.321. The van der Waals surface area contributed by atoms with E-state index in [1.165, 1.54) is 6.07 Å². The molecule has 1 heterocycles. The molecule has 5 heteroatoms. The van der Waals surface area contributed by atoms with Crippen LogP contribution in [0.15, 0.2) is 41.0 Å². The lowest BCUT2D eigenvalue weighted by Gasteiger charge is -2.08. The molecule has 0 bridgehead atoms. The van der Waals surface area contributed by atoms with Gasteiger partial charge in [0, 0.05) is 11.8 Å². The van der Waals surface area contributed by atoms with Gasteiger partial charge < -0.3 is 10.5 Å². The first-order chi connectivity index (χ1) is 8.16. The molecule has 1 aromatic heterocycles. The maximum absolute atomic E-state index is 13.0. The summed E-state index contributed by atoms with van der Waals surface area (Å²) in [5.41, 5.74) is 6.48. The summed E-state index contributed by atoms with van der Waals surface area (Å²) in [6, 6.07) is 8.09. The van der Waals surface area contributed by atoms with Crippen LogP contribution in [-0.2, 0) is 6.61 Å². The summed E-state index contributed by atoms with van der Waals surface area (Å²) >= 11 is 3.09. The number of benzene rings is 1. The second-order valence-corrected chi connectivity index (χ2v) is 4.27. The fourth-order valence-corrected chi connectivity index (χ4v) is 1.66. The van der Waals surface area contributed by atoms with Crippen molar-refractivity contribution in [1.82, 2.24) is 4.98 Å². The van der Waals surface area contributed by atoms with Gasteiger partial charge in [0.15, 0.2) is 0 Å². The van der Waals surface area contributed by atoms with Crippen LogP contribution in [0.3, 0.4) is 0 Å². The Hall–Kier alpha value is -1.62. The molecular weight excluding hydrogens is 287 g/mol. The fraction of sp³-hybridized carbons (Fsp3) is 0.0833. The predicted molar refractivity (Wildman–Crippen MR) is 67.1 cm³/mol. The highest BCUT2D eigenvalue weighted by molar-refractivity contribution is 9.10. The van der Waals surface area contributed by atoms with Crippen LogP contribution in [0.25, 0.3) is 0 Å². The molecule has 17 heavy (non-hydrogen) atoms. The lowest BCUT2D eigenvalue weighted by atomic mass is 10.3. The van der Waals surface area contributed by atoms with Crippen molar-refractivity contribution in [1.29, 1.82) is 0 Å². The summed E-state index contributed by atoms with van der Waals surface area (Å²) in [6.07, 6.45) is 1.62. The van der Waals surface area contributed by atoms with Crippen LogP contribution in [0.2, 0.25) is 0 Å². The quantitative estimate of drug-likeness (QED) is 0.946. The van der Waals surface area contributed by atoms with Crippen molar-refractivity contribution in [3.8, 4) is 5.75 Å². The van der Waals surface area contributed by atoms with Gasteiger partial charge in [-0.15, -0.1) is 0 Å². The number of aromatic nitrogens is 1. The zero-order chi connectivity index (χ0) is 12.3. The zero-order valence-corrected chi connectivity index (χ0v) is 10.4. The summed E-state index contributed by atoms with van der Waals surface area (Å²) in [6.45, 7) is 0.303. The Kier molecular flexibility index (Phi) is 3.58. The largest absolute Gasteiger partial charge is 0.489 e. The average Bonchev–Trinajstić information content (AvgIpc) is 2.32. The minimum Gasteiger partial charge on any atom is -0.489 e. The van der Waals surface area contributed by atoms with E-state index in [2.05, 4.69) is 20.9 Å². The Labute approximate surface area is 107 Å². The van der Waals surface area contributed by atoms with Crippen molar-refractivity contribution in [2.45, 2.75) is 6.61 Å². The number of rotatable bonds is 3. The van der Waals surface area contributed by atoms with Crippen LogP contribution < -0.4 is 10.5 Å². The first-order valence-corrected chi connectivity index (χ1v) is 5.73. The number of nitrogens with two attached hydrogens (primary N) is 1. The van der Waals surface area contributed by atoms with Crippen molar-refractivity contribution >= 4 is 21.7 Å². The van der Waals surface area contributed by atoms with Gasteiger partial charge in [-0.2, -0.15) is 0 Å². The molecule has 0 atom stereocenters. The smallest absolute Gasteiger partial charge is 0.137 e. The third-order valence-electron chi connectivity index (χ3n) is 2.21. The maximum atomic E-state index is 13.0. The van der Waals surface area contributed by atoms with Crippen LogP contribution in [0.5, 0.6) is 5.75 Å². The van der Waals surface area contributed by atoms with Crippen LogP contribution in [-0.4, -0.2) is 4.98 Å². The summed E-state index contributed by atoms with van der Waals surface area (Å²) in [4.78, 5) is 3.95. The standard InChI is InChI=1S/C12H10BrFN2O/c13-10-6-9(3-4-11(10)14)17-7-8-2-1-5-16-12(8)15/h1-6H,7H2,(H2,15,16). The molecule has 0 radical (unpaired) electrons. The second kappa shape index (κ2) is 5.14. The fourth-order valence-electron chi connectivity index (χ4n) is 1.30. The highest BCUT2D eigenvalue weighted by Gasteiger charge is 2.03. The molecule has 3 nitrogen and oxygen atoms in total. The third kappa shape index (κ3) is 2.94. The van der Waals surface area contributed by atoms with Gasteiger partial charge in [-0.3, -0.25) is 0 Å². The Balaban J connectivity index is 2.08. The Bertz CT molecular complexity index is 534. The molecule has 0 unspecified atom stereocenters. The first-order valence-electron chi connectivity index (χ1n) is 4.94.